The van der Waals surface area contributed by atoms with Crippen molar-refractivity contribution in [2.24, 2.45) is 0 Å². The van der Waals surface area contributed by atoms with Crippen molar-refractivity contribution in [3.8, 4) is 33.4 Å². The highest BCUT2D eigenvalue weighted by Crippen LogP contribution is 2.57. The van der Waals surface area contributed by atoms with E-state index in [1.54, 1.807) is 0 Å². The van der Waals surface area contributed by atoms with E-state index < -0.39 is 0 Å². The van der Waals surface area contributed by atoms with Gasteiger partial charge in [-0.2, -0.15) is 0 Å². The van der Waals surface area contributed by atoms with Gasteiger partial charge in [0.15, 0.2) is 0 Å². The molecule has 0 heterocycles. The molecule has 11 aromatic rings. The van der Waals surface area contributed by atoms with Gasteiger partial charge in [0.05, 0.1) is 5.69 Å². The average Bonchev–Trinajstić information content (AvgIpc) is 3.85. The van der Waals surface area contributed by atoms with Gasteiger partial charge in [0.1, 0.15) is 0 Å². The summed E-state index contributed by atoms with van der Waals surface area (Å²) in [6.45, 7) is 14.3. The lowest BCUT2D eigenvalue weighted by Gasteiger charge is -2.29. The molecular formula is C67H52N2. The van der Waals surface area contributed by atoms with Crippen LogP contribution >= 0.6 is 0 Å². The molecule has 0 bridgehead atoms. The summed E-state index contributed by atoms with van der Waals surface area (Å²) in [5.41, 5.74) is 22.9. The van der Waals surface area contributed by atoms with Crippen molar-refractivity contribution in [1.82, 2.24) is 0 Å². The van der Waals surface area contributed by atoms with Gasteiger partial charge in [-0.05, 0) is 166 Å². The lowest BCUT2D eigenvalue weighted by Crippen LogP contribution is -2.17. The summed E-state index contributed by atoms with van der Waals surface area (Å²) >= 11 is 0. The Morgan fingerprint density at radius 3 is 1.38 bits per heavy atom. The second-order valence-corrected chi connectivity index (χ2v) is 21.3. The maximum Gasteiger partial charge on any atom is 0.0540 e. The minimum absolute atomic E-state index is 0.0499. The third-order valence-electron chi connectivity index (χ3n) is 16.6. The second kappa shape index (κ2) is 14.1. The van der Waals surface area contributed by atoms with Crippen LogP contribution in [-0.4, -0.2) is 0 Å². The standard InChI is InChI=1S/C67H52N2/c1-65(2)55-23-15-13-21-48(55)53-38-45(29-34-57(53)65)68(43-17-9-7-10-18-43)47-28-33-50-59(40-47)67(5,6)60-37-42-26-31-51-61(36-27-41-25-32-52(64(50)60)63(42)62(41)51)69(44-19-11-8-12-20-44)46-30-35-58-54(39-46)49-22-14-16-24-56(49)66(58,3)4/h7-40H,1-6H3. The number of rotatable bonds is 6. The molecular weight excluding hydrogens is 833 g/mol. The number of anilines is 6. The van der Waals surface area contributed by atoms with Crippen molar-refractivity contribution in [2.75, 3.05) is 9.80 Å². The monoisotopic (exact) mass is 884 g/mol. The molecule has 2 heteroatoms. The van der Waals surface area contributed by atoms with Crippen molar-refractivity contribution < 1.29 is 0 Å². The van der Waals surface area contributed by atoms with Crippen molar-refractivity contribution in [2.45, 2.75) is 57.8 Å². The third kappa shape index (κ3) is 5.49. The second-order valence-electron chi connectivity index (χ2n) is 21.3. The van der Waals surface area contributed by atoms with E-state index in [0.29, 0.717) is 0 Å². The highest BCUT2D eigenvalue weighted by atomic mass is 15.1. The highest BCUT2D eigenvalue weighted by molar-refractivity contribution is 6.29. The lowest BCUT2D eigenvalue weighted by atomic mass is 9.80. The Kier molecular flexibility index (Phi) is 8.18. The van der Waals surface area contributed by atoms with Crippen LogP contribution in [0, 0.1) is 0 Å². The molecule has 0 aliphatic heterocycles. The Morgan fingerprint density at radius 1 is 0.275 bits per heavy atom. The van der Waals surface area contributed by atoms with Crippen LogP contribution in [-0.2, 0) is 16.2 Å². The first-order valence-electron chi connectivity index (χ1n) is 24.6. The maximum absolute atomic E-state index is 2.51. The number of fused-ring (bicyclic) bond motifs is 10. The van der Waals surface area contributed by atoms with Crippen LogP contribution in [0.4, 0.5) is 34.1 Å². The van der Waals surface area contributed by atoms with E-state index in [4.69, 9.17) is 0 Å². The highest BCUT2D eigenvalue weighted by Gasteiger charge is 2.40. The lowest BCUT2D eigenvalue weighted by molar-refractivity contribution is 0.660. The van der Waals surface area contributed by atoms with Gasteiger partial charge in [0.25, 0.3) is 0 Å². The molecule has 0 amide bonds. The Hall–Kier alpha value is -7.94. The molecule has 14 rings (SSSR count). The van der Waals surface area contributed by atoms with E-state index in [2.05, 4.69) is 258 Å². The molecule has 69 heavy (non-hydrogen) atoms. The number of hydrogen-bond donors (Lipinski definition) is 0. The Balaban J connectivity index is 0.936. The fraction of sp³-hybridized carbons (Fsp3) is 0.134. The van der Waals surface area contributed by atoms with Gasteiger partial charge in [0, 0.05) is 50.1 Å². The molecule has 3 aliphatic rings. The predicted molar refractivity (Wildman–Crippen MR) is 292 cm³/mol. The van der Waals surface area contributed by atoms with Gasteiger partial charge in [-0.15, -0.1) is 0 Å². The van der Waals surface area contributed by atoms with Crippen molar-refractivity contribution in [3.05, 3.63) is 240 Å². The molecule has 0 aromatic heterocycles. The fourth-order valence-corrected chi connectivity index (χ4v) is 13.1. The van der Waals surface area contributed by atoms with Crippen LogP contribution in [0.3, 0.4) is 0 Å². The van der Waals surface area contributed by atoms with Crippen LogP contribution < -0.4 is 9.80 Å². The van der Waals surface area contributed by atoms with E-state index in [1.807, 2.05) is 0 Å². The first-order chi connectivity index (χ1) is 33.5. The fourth-order valence-electron chi connectivity index (χ4n) is 13.1. The summed E-state index contributed by atoms with van der Waals surface area (Å²) in [7, 11) is 0. The molecule has 0 saturated carbocycles. The van der Waals surface area contributed by atoms with Gasteiger partial charge in [-0.3, -0.25) is 0 Å². The van der Waals surface area contributed by atoms with E-state index in [-0.39, 0.29) is 16.2 Å². The minimum atomic E-state index is -0.232. The minimum Gasteiger partial charge on any atom is -0.310 e. The van der Waals surface area contributed by atoms with E-state index in [1.165, 1.54) is 105 Å². The number of nitrogens with zero attached hydrogens (tertiary/aromatic N) is 2. The van der Waals surface area contributed by atoms with Gasteiger partial charge >= 0.3 is 0 Å². The summed E-state index contributed by atoms with van der Waals surface area (Å²) in [5.74, 6) is 0. The van der Waals surface area contributed by atoms with Crippen molar-refractivity contribution in [3.63, 3.8) is 0 Å². The quantitative estimate of drug-likeness (QED) is 0.154. The first-order valence-corrected chi connectivity index (χ1v) is 24.6. The zero-order valence-corrected chi connectivity index (χ0v) is 40.0. The maximum atomic E-state index is 2.51. The smallest absolute Gasteiger partial charge is 0.0540 e. The van der Waals surface area contributed by atoms with Gasteiger partial charge in [-0.25, -0.2) is 0 Å². The number of para-hydroxylation sites is 2. The number of benzene rings is 11. The average molecular weight is 885 g/mol. The summed E-state index contributed by atoms with van der Waals surface area (Å²) in [6, 6.07) is 77.9. The SMILES string of the molecule is CC1(C)c2ccccc2-c2cc(N(c3ccccc3)c3ccc4c(c3)C(C)(C)c3cc5ccc6c(N(c7ccccc7)c7ccc8c(c7)-c7ccccc7C8(C)C)ccc7ccc(c3-4)c5c76)ccc21. The van der Waals surface area contributed by atoms with E-state index in [0.717, 1.165) is 28.4 Å². The Morgan fingerprint density at radius 2 is 0.739 bits per heavy atom. The van der Waals surface area contributed by atoms with Crippen molar-refractivity contribution in [1.29, 1.82) is 0 Å². The summed E-state index contributed by atoms with van der Waals surface area (Å²) < 4.78 is 0. The Labute approximate surface area is 405 Å². The molecule has 0 atom stereocenters. The summed E-state index contributed by atoms with van der Waals surface area (Å²) in [4.78, 5) is 4.93. The van der Waals surface area contributed by atoms with Crippen LogP contribution in [0.1, 0.15) is 74.9 Å². The van der Waals surface area contributed by atoms with Crippen LogP contribution in [0.15, 0.2) is 206 Å². The molecule has 11 aromatic carbocycles. The molecule has 0 spiro atoms. The van der Waals surface area contributed by atoms with Gasteiger partial charge in [0.2, 0.25) is 0 Å². The zero-order valence-electron chi connectivity index (χ0n) is 40.0. The summed E-state index contributed by atoms with van der Waals surface area (Å²) in [6.07, 6.45) is 0. The molecule has 0 N–H and O–H groups in total. The molecule has 0 saturated heterocycles. The number of hydrogen-bond acceptors (Lipinski definition) is 2. The molecule has 3 aliphatic carbocycles. The normalized spacial score (nSPS) is 15.2. The Bertz CT molecular complexity index is 3930. The third-order valence-corrected chi connectivity index (χ3v) is 16.6. The molecule has 0 radical (unpaired) electrons. The van der Waals surface area contributed by atoms with Crippen LogP contribution in [0.5, 0.6) is 0 Å². The molecule has 330 valence electrons. The molecule has 0 unspecified atom stereocenters. The van der Waals surface area contributed by atoms with Crippen LogP contribution in [0.25, 0.3) is 65.7 Å². The first kappa shape index (κ1) is 40.2. The molecule has 0 fully saturated rings. The zero-order chi connectivity index (χ0) is 46.6. The summed E-state index contributed by atoms with van der Waals surface area (Å²) in [5, 5.41) is 7.77. The van der Waals surface area contributed by atoms with Crippen LogP contribution in [0.2, 0.25) is 0 Å². The van der Waals surface area contributed by atoms with E-state index >= 15 is 0 Å². The largest absolute Gasteiger partial charge is 0.310 e. The van der Waals surface area contributed by atoms with Crippen molar-refractivity contribution >= 4 is 66.4 Å². The topological polar surface area (TPSA) is 6.48 Å². The van der Waals surface area contributed by atoms with Gasteiger partial charge in [-0.1, -0.05) is 175 Å². The predicted octanol–water partition coefficient (Wildman–Crippen LogP) is 18.4. The van der Waals surface area contributed by atoms with E-state index in [9.17, 15) is 0 Å². The molecule has 2 nitrogen and oxygen atoms in total. The van der Waals surface area contributed by atoms with Gasteiger partial charge < -0.3 is 9.80 Å².